The number of azide groups is 1. The molecule has 1 saturated heterocycles. The first-order chi connectivity index (χ1) is 13.8. The van der Waals surface area contributed by atoms with Crippen molar-refractivity contribution >= 4 is 18.4 Å². The van der Waals surface area contributed by atoms with E-state index >= 15 is 0 Å². The third-order valence-corrected chi connectivity index (χ3v) is 11.4. The summed E-state index contributed by atoms with van der Waals surface area (Å²) in [7, 11) is -6.25. The second-order valence-electron chi connectivity index (χ2n) is 9.03. The first-order valence-corrected chi connectivity index (χ1v) is 14.1. The van der Waals surface area contributed by atoms with Gasteiger partial charge in [0, 0.05) is 11.3 Å². The second kappa shape index (κ2) is 9.35. The summed E-state index contributed by atoms with van der Waals surface area (Å²) in [6.45, 7) is 11.8. The Kier molecular flexibility index (Phi) is 7.73. The summed E-state index contributed by atoms with van der Waals surface area (Å²) in [5, 5.41) is 14.1. The first-order valence-electron chi connectivity index (χ1n) is 9.78. The zero-order valence-electron chi connectivity index (χ0n) is 18.3. The lowest BCUT2D eigenvalue weighted by Gasteiger charge is -2.43. The van der Waals surface area contributed by atoms with Gasteiger partial charge in [-0.25, -0.2) is 0 Å². The topological polar surface area (TPSA) is 131 Å². The van der Waals surface area contributed by atoms with Crippen molar-refractivity contribution in [1.29, 1.82) is 0 Å². The molecule has 0 radical (unpaired) electrons. The summed E-state index contributed by atoms with van der Waals surface area (Å²) >= 11 is 0. The summed E-state index contributed by atoms with van der Waals surface area (Å²) in [6, 6.07) is 5.43. The van der Waals surface area contributed by atoms with Crippen LogP contribution in [0.3, 0.4) is 0 Å². The van der Waals surface area contributed by atoms with E-state index in [2.05, 4.69) is 43.9 Å². The van der Waals surface area contributed by atoms with E-state index < -0.39 is 49.6 Å². The van der Waals surface area contributed by atoms with Crippen LogP contribution < -0.4 is 0 Å². The molecule has 1 N–H and O–H groups in total. The highest BCUT2D eigenvalue weighted by Crippen LogP contribution is 2.39. The maximum atomic E-state index is 12.5. The number of hydrogen-bond acceptors (Lipinski definition) is 7. The summed E-state index contributed by atoms with van der Waals surface area (Å²) < 4.78 is 42.2. The summed E-state index contributed by atoms with van der Waals surface area (Å²) in [5.41, 5.74) is 9.77. The van der Waals surface area contributed by atoms with E-state index in [-0.39, 0.29) is 16.4 Å². The van der Waals surface area contributed by atoms with Crippen LogP contribution in [0.4, 0.5) is 0 Å². The fourth-order valence-corrected chi connectivity index (χ4v) is 4.83. The molecule has 4 atom stereocenters. The van der Waals surface area contributed by atoms with E-state index in [0.717, 1.165) is 5.56 Å². The van der Waals surface area contributed by atoms with Crippen LogP contribution in [-0.4, -0.2) is 53.0 Å². The molecule has 2 rings (SSSR count). The number of rotatable bonds is 7. The van der Waals surface area contributed by atoms with Gasteiger partial charge in [0.1, 0.15) is 12.4 Å². The van der Waals surface area contributed by atoms with Gasteiger partial charge in [-0.15, -0.1) is 0 Å². The standard InChI is InChI=1S/C19H31N3O6SSi/c1-13-7-9-14(10-8-13)29(24,25)26-12-16-18(23)15(21-22-20)11-17(27-16)28-30(5,6)19(2,3)4/h7-10,15-18,23H,11-12H2,1-6H3/t15-,16+,17-,18-/m0/s1. The molecule has 0 amide bonds. The molecule has 1 fully saturated rings. The molecule has 9 nitrogen and oxygen atoms in total. The van der Waals surface area contributed by atoms with Crippen LogP contribution in [0.5, 0.6) is 0 Å². The normalized spacial score (nSPS) is 25.6. The van der Waals surface area contributed by atoms with Crippen LogP contribution in [0, 0.1) is 6.92 Å². The average molecular weight is 458 g/mol. The monoisotopic (exact) mass is 457 g/mol. The third-order valence-electron chi connectivity index (χ3n) is 5.66. The summed E-state index contributed by atoms with van der Waals surface area (Å²) in [5.74, 6) is 0. The minimum absolute atomic E-state index is 0.0130. The Hall–Kier alpha value is -1.46. The fraction of sp³-hybridized carbons (Fsp3) is 0.684. The molecule has 1 heterocycles. The maximum absolute atomic E-state index is 12.5. The van der Waals surface area contributed by atoms with Crippen LogP contribution in [0.2, 0.25) is 18.1 Å². The molecule has 1 aromatic rings. The van der Waals surface area contributed by atoms with Crippen LogP contribution in [0.1, 0.15) is 32.8 Å². The number of hydrogen-bond donors (Lipinski definition) is 1. The molecule has 1 aliphatic heterocycles. The molecule has 0 aromatic heterocycles. The molecule has 30 heavy (non-hydrogen) atoms. The Balaban J connectivity index is 2.16. The zero-order valence-corrected chi connectivity index (χ0v) is 20.1. The molecule has 1 aliphatic rings. The van der Waals surface area contributed by atoms with Gasteiger partial charge in [0.15, 0.2) is 8.32 Å². The van der Waals surface area contributed by atoms with Crippen molar-refractivity contribution in [3.63, 3.8) is 0 Å². The minimum atomic E-state index is -4.03. The molecule has 168 valence electrons. The van der Waals surface area contributed by atoms with Crippen molar-refractivity contribution in [2.24, 2.45) is 5.11 Å². The van der Waals surface area contributed by atoms with Gasteiger partial charge in [-0.1, -0.05) is 43.6 Å². The highest BCUT2D eigenvalue weighted by Gasteiger charge is 2.44. The number of aryl methyl sites for hydroxylation is 1. The SMILES string of the molecule is Cc1ccc(S(=O)(=O)OC[C@H]2O[C@@H](O[Si](C)(C)C(C)(C)C)C[C@H](N=[N+]=[N-])[C@@H]2O)cc1. The van der Waals surface area contributed by atoms with Gasteiger partial charge in [0.05, 0.1) is 23.6 Å². The molecular formula is C19H31N3O6SSi. The minimum Gasteiger partial charge on any atom is -0.392 e. The second-order valence-corrected chi connectivity index (χ2v) is 15.4. The largest absolute Gasteiger partial charge is 0.392 e. The quantitative estimate of drug-likeness (QED) is 0.217. The predicted octanol–water partition coefficient (Wildman–Crippen LogP) is 3.88. The van der Waals surface area contributed by atoms with Crippen LogP contribution in [0.15, 0.2) is 34.3 Å². The Labute approximate surface area is 179 Å². The summed E-state index contributed by atoms with van der Waals surface area (Å²) in [6.07, 6.45) is -2.79. The molecule has 0 unspecified atom stereocenters. The van der Waals surface area contributed by atoms with Gasteiger partial charge in [-0.2, -0.15) is 8.42 Å². The lowest BCUT2D eigenvalue weighted by atomic mass is 10.00. The lowest BCUT2D eigenvalue weighted by molar-refractivity contribution is -0.204. The number of nitrogens with zero attached hydrogens (tertiary/aromatic N) is 3. The van der Waals surface area contributed by atoms with Crippen molar-refractivity contribution in [2.75, 3.05) is 6.61 Å². The number of aliphatic hydroxyl groups excluding tert-OH is 1. The molecule has 0 saturated carbocycles. The van der Waals surface area contributed by atoms with Crippen molar-refractivity contribution in [3.05, 3.63) is 40.3 Å². The Morgan fingerprint density at radius 2 is 1.90 bits per heavy atom. The fourth-order valence-electron chi connectivity index (χ4n) is 2.75. The van der Waals surface area contributed by atoms with Crippen LogP contribution >= 0.6 is 0 Å². The molecular weight excluding hydrogens is 426 g/mol. The van der Waals surface area contributed by atoms with Gasteiger partial charge in [0.25, 0.3) is 10.1 Å². The highest BCUT2D eigenvalue weighted by atomic mass is 32.2. The van der Waals surface area contributed by atoms with Gasteiger partial charge in [-0.3, -0.25) is 4.18 Å². The van der Waals surface area contributed by atoms with Crippen molar-refractivity contribution in [1.82, 2.24) is 0 Å². The number of aliphatic hydroxyl groups is 1. The lowest BCUT2D eigenvalue weighted by Crippen LogP contribution is -2.54. The molecule has 0 aliphatic carbocycles. The van der Waals surface area contributed by atoms with E-state index in [4.69, 9.17) is 18.9 Å². The smallest absolute Gasteiger partial charge is 0.297 e. The van der Waals surface area contributed by atoms with E-state index in [1.165, 1.54) is 12.1 Å². The van der Waals surface area contributed by atoms with Gasteiger partial charge in [-0.05, 0) is 42.7 Å². The van der Waals surface area contributed by atoms with Crippen molar-refractivity contribution in [3.8, 4) is 0 Å². The first kappa shape index (κ1) is 24.8. The van der Waals surface area contributed by atoms with E-state index in [1.54, 1.807) is 12.1 Å². The third kappa shape index (κ3) is 6.04. The van der Waals surface area contributed by atoms with Gasteiger partial charge < -0.3 is 14.3 Å². The van der Waals surface area contributed by atoms with E-state index in [9.17, 15) is 13.5 Å². The van der Waals surface area contributed by atoms with Gasteiger partial charge >= 0.3 is 0 Å². The van der Waals surface area contributed by atoms with Gasteiger partial charge in [0.2, 0.25) is 0 Å². The number of ether oxygens (including phenoxy) is 1. The Morgan fingerprint density at radius 3 is 2.43 bits per heavy atom. The molecule has 11 heteroatoms. The van der Waals surface area contributed by atoms with E-state index in [0.29, 0.717) is 0 Å². The van der Waals surface area contributed by atoms with E-state index in [1.807, 2.05) is 6.92 Å². The number of benzene rings is 1. The Bertz CT molecular complexity index is 879. The highest BCUT2D eigenvalue weighted by molar-refractivity contribution is 7.86. The molecule has 1 aromatic carbocycles. The predicted molar refractivity (Wildman–Crippen MR) is 115 cm³/mol. The maximum Gasteiger partial charge on any atom is 0.297 e. The Morgan fingerprint density at radius 1 is 1.30 bits per heavy atom. The van der Waals surface area contributed by atoms with Crippen LogP contribution in [0.25, 0.3) is 10.4 Å². The zero-order chi connectivity index (χ0) is 22.7. The molecule has 0 bridgehead atoms. The molecule has 0 spiro atoms. The van der Waals surface area contributed by atoms with Crippen molar-refractivity contribution < 1.29 is 26.9 Å². The van der Waals surface area contributed by atoms with Crippen LogP contribution in [-0.2, 0) is 23.5 Å². The summed E-state index contributed by atoms with van der Waals surface area (Å²) in [4.78, 5) is 2.81. The van der Waals surface area contributed by atoms with Crippen molar-refractivity contribution in [2.45, 2.75) is 81.7 Å². The average Bonchev–Trinajstić information content (AvgIpc) is 2.62.